The second-order valence-corrected chi connectivity index (χ2v) is 6.91. The molecular weight excluding hydrogens is 290 g/mol. The third kappa shape index (κ3) is 5.26. The molecule has 21 heavy (non-hydrogen) atoms. The van der Waals surface area contributed by atoms with Crippen LogP contribution in [0.3, 0.4) is 0 Å². The van der Waals surface area contributed by atoms with Crippen LogP contribution in [0.2, 0.25) is 0 Å². The van der Waals surface area contributed by atoms with E-state index in [9.17, 15) is 8.42 Å². The quantitative estimate of drug-likeness (QED) is 0.641. The molecule has 0 spiro atoms. The van der Waals surface area contributed by atoms with Crippen LogP contribution in [0, 0.1) is 5.92 Å². The van der Waals surface area contributed by atoms with Crippen molar-refractivity contribution >= 4 is 15.7 Å². The topological polar surface area (TPSA) is 80.3 Å². The molecule has 0 saturated heterocycles. The maximum Gasteiger partial charge on any atom is 0.244 e. The van der Waals surface area contributed by atoms with Gasteiger partial charge < -0.3 is 10.1 Å². The molecular formula is C14H23N3O3S. The summed E-state index contributed by atoms with van der Waals surface area (Å²) < 4.78 is 32.6. The summed E-state index contributed by atoms with van der Waals surface area (Å²) >= 11 is 0. The van der Waals surface area contributed by atoms with Gasteiger partial charge in [0, 0.05) is 38.7 Å². The zero-order valence-electron chi connectivity index (χ0n) is 12.3. The summed E-state index contributed by atoms with van der Waals surface area (Å²) in [6.45, 7) is 4.34. The number of rotatable bonds is 10. The van der Waals surface area contributed by atoms with E-state index in [2.05, 4.69) is 15.0 Å². The highest BCUT2D eigenvalue weighted by Crippen LogP contribution is 2.28. The summed E-state index contributed by atoms with van der Waals surface area (Å²) in [7, 11) is -3.53. The van der Waals surface area contributed by atoms with Gasteiger partial charge in [-0.15, -0.1) is 0 Å². The molecule has 1 aromatic rings. The normalized spacial score (nSPS) is 15.1. The summed E-state index contributed by atoms with van der Waals surface area (Å²) in [5.41, 5.74) is 0.574. The first kappa shape index (κ1) is 16.2. The molecule has 1 fully saturated rings. The number of nitrogens with zero attached hydrogens (tertiary/aromatic N) is 1. The molecule has 1 aliphatic rings. The molecule has 0 aliphatic heterocycles. The van der Waals surface area contributed by atoms with Crippen molar-refractivity contribution in [2.75, 3.05) is 31.6 Å². The van der Waals surface area contributed by atoms with E-state index < -0.39 is 10.0 Å². The molecule has 2 N–H and O–H groups in total. The van der Waals surface area contributed by atoms with Gasteiger partial charge in [-0.2, -0.15) is 0 Å². The Labute approximate surface area is 126 Å². The largest absolute Gasteiger partial charge is 0.384 e. The van der Waals surface area contributed by atoms with Gasteiger partial charge in [0.25, 0.3) is 0 Å². The zero-order chi connectivity index (χ0) is 15.1. The van der Waals surface area contributed by atoms with E-state index in [1.54, 1.807) is 12.3 Å². The summed E-state index contributed by atoms with van der Waals surface area (Å²) in [4.78, 5) is 4.08. The Morgan fingerprint density at radius 2 is 2.24 bits per heavy atom. The van der Waals surface area contributed by atoms with Gasteiger partial charge in [0.1, 0.15) is 4.90 Å². The Balaban J connectivity index is 1.80. The first-order valence-electron chi connectivity index (χ1n) is 7.38. The number of ether oxygens (including phenoxy) is 1. The molecule has 1 aromatic heterocycles. The average molecular weight is 313 g/mol. The standard InChI is InChI=1S/C14H23N3O3S/c1-2-16-13-6-8-15-10-14(13)21(18,19)17-7-3-9-20-11-12-4-5-12/h6,8,10,12,17H,2-5,7,9,11H2,1H3,(H,15,16). The lowest BCUT2D eigenvalue weighted by atomic mass is 10.4. The minimum absolute atomic E-state index is 0.186. The smallest absolute Gasteiger partial charge is 0.244 e. The van der Waals surface area contributed by atoms with Gasteiger partial charge in [-0.25, -0.2) is 13.1 Å². The Hall–Kier alpha value is -1.18. The van der Waals surface area contributed by atoms with E-state index >= 15 is 0 Å². The first-order valence-corrected chi connectivity index (χ1v) is 8.87. The SMILES string of the molecule is CCNc1ccncc1S(=O)(=O)NCCCOCC1CC1. The Kier molecular flexibility index (Phi) is 5.96. The van der Waals surface area contributed by atoms with Crippen molar-refractivity contribution in [1.29, 1.82) is 0 Å². The highest BCUT2D eigenvalue weighted by Gasteiger charge is 2.21. The molecule has 7 heteroatoms. The van der Waals surface area contributed by atoms with E-state index in [1.807, 2.05) is 6.92 Å². The van der Waals surface area contributed by atoms with E-state index in [1.165, 1.54) is 19.0 Å². The second kappa shape index (κ2) is 7.72. The van der Waals surface area contributed by atoms with Crippen LogP contribution in [0.1, 0.15) is 26.2 Å². The predicted molar refractivity (Wildman–Crippen MR) is 81.7 cm³/mol. The van der Waals surface area contributed by atoms with Crippen LogP contribution in [0.5, 0.6) is 0 Å². The fourth-order valence-electron chi connectivity index (χ4n) is 1.92. The van der Waals surface area contributed by atoms with Gasteiger partial charge >= 0.3 is 0 Å². The minimum Gasteiger partial charge on any atom is -0.384 e. The monoisotopic (exact) mass is 313 g/mol. The van der Waals surface area contributed by atoms with Gasteiger partial charge in [-0.1, -0.05) is 0 Å². The van der Waals surface area contributed by atoms with Crippen LogP contribution >= 0.6 is 0 Å². The van der Waals surface area contributed by atoms with Gasteiger partial charge in [0.2, 0.25) is 10.0 Å². The fourth-order valence-corrected chi connectivity index (χ4v) is 3.12. The summed E-state index contributed by atoms with van der Waals surface area (Å²) in [6, 6.07) is 1.66. The molecule has 0 radical (unpaired) electrons. The molecule has 0 atom stereocenters. The van der Waals surface area contributed by atoms with Crippen LogP contribution in [0.15, 0.2) is 23.4 Å². The number of nitrogens with one attached hydrogen (secondary N) is 2. The lowest BCUT2D eigenvalue weighted by Gasteiger charge is -2.11. The lowest BCUT2D eigenvalue weighted by Crippen LogP contribution is -2.26. The Morgan fingerprint density at radius 1 is 1.43 bits per heavy atom. The molecule has 1 saturated carbocycles. The van der Waals surface area contributed by atoms with Crippen molar-refractivity contribution in [3.8, 4) is 0 Å². The summed E-state index contributed by atoms with van der Waals surface area (Å²) in [5.74, 6) is 0.736. The molecule has 2 rings (SSSR count). The van der Waals surface area contributed by atoms with Crippen molar-refractivity contribution in [2.24, 2.45) is 5.92 Å². The fraction of sp³-hybridized carbons (Fsp3) is 0.643. The molecule has 0 unspecified atom stereocenters. The molecule has 0 aromatic carbocycles. The maximum absolute atomic E-state index is 12.2. The Bertz CT molecular complexity index is 544. The number of sulfonamides is 1. The number of hydrogen-bond donors (Lipinski definition) is 2. The lowest BCUT2D eigenvalue weighted by molar-refractivity contribution is 0.123. The number of pyridine rings is 1. The number of aromatic nitrogens is 1. The van der Waals surface area contributed by atoms with Crippen molar-refractivity contribution < 1.29 is 13.2 Å². The first-order chi connectivity index (χ1) is 10.1. The third-order valence-electron chi connectivity index (χ3n) is 3.25. The molecule has 6 nitrogen and oxygen atoms in total. The van der Waals surface area contributed by atoms with E-state index in [4.69, 9.17) is 4.74 Å². The van der Waals surface area contributed by atoms with Gasteiger partial charge in [-0.3, -0.25) is 4.98 Å². The number of anilines is 1. The van der Waals surface area contributed by atoms with Crippen molar-refractivity contribution in [3.05, 3.63) is 18.5 Å². The molecule has 1 heterocycles. The van der Waals surface area contributed by atoms with Gasteiger partial charge in [0.05, 0.1) is 5.69 Å². The van der Waals surface area contributed by atoms with Gasteiger partial charge in [-0.05, 0) is 38.2 Å². The molecule has 1 aliphatic carbocycles. The van der Waals surface area contributed by atoms with Crippen LogP contribution in [-0.4, -0.2) is 39.7 Å². The zero-order valence-corrected chi connectivity index (χ0v) is 13.2. The van der Waals surface area contributed by atoms with Crippen molar-refractivity contribution in [1.82, 2.24) is 9.71 Å². The number of hydrogen-bond acceptors (Lipinski definition) is 5. The van der Waals surface area contributed by atoms with Crippen molar-refractivity contribution in [3.63, 3.8) is 0 Å². The average Bonchev–Trinajstić information content (AvgIpc) is 3.28. The van der Waals surface area contributed by atoms with Gasteiger partial charge in [0.15, 0.2) is 0 Å². The van der Waals surface area contributed by atoms with Crippen LogP contribution in [-0.2, 0) is 14.8 Å². The summed E-state index contributed by atoms with van der Waals surface area (Å²) in [5, 5.41) is 3.03. The highest BCUT2D eigenvalue weighted by atomic mass is 32.2. The second-order valence-electron chi connectivity index (χ2n) is 5.17. The van der Waals surface area contributed by atoms with Crippen LogP contribution in [0.25, 0.3) is 0 Å². The van der Waals surface area contributed by atoms with Crippen LogP contribution in [0.4, 0.5) is 5.69 Å². The Morgan fingerprint density at radius 3 is 2.95 bits per heavy atom. The molecule has 0 bridgehead atoms. The minimum atomic E-state index is -3.53. The maximum atomic E-state index is 12.2. The summed E-state index contributed by atoms with van der Waals surface area (Å²) in [6.07, 6.45) is 6.14. The van der Waals surface area contributed by atoms with E-state index in [0.717, 1.165) is 12.5 Å². The van der Waals surface area contributed by atoms with E-state index in [-0.39, 0.29) is 4.90 Å². The van der Waals surface area contributed by atoms with Crippen molar-refractivity contribution in [2.45, 2.75) is 31.1 Å². The molecule has 118 valence electrons. The van der Waals surface area contributed by atoms with Crippen LogP contribution < -0.4 is 10.0 Å². The third-order valence-corrected chi connectivity index (χ3v) is 4.74. The van der Waals surface area contributed by atoms with E-state index in [0.29, 0.717) is 31.8 Å². The highest BCUT2D eigenvalue weighted by molar-refractivity contribution is 7.89. The predicted octanol–water partition coefficient (Wildman–Crippen LogP) is 1.61. The molecule has 0 amide bonds.